The molecule has 0 aliphatic heterocycles. The zero-order chi connectivity index (χ0) is 9.42. The number of pyridine rings is 1. The average molecular weight is 305 g/mol. The Hall–Kier alpha value is -0.750. The van der Waals surface area contributed by atoms with Crippen LogP contribution >= 0.6 is 31.9 Å². The van der Waals surface area contributed by atoms with Gasteiger partial charge in [0.15, 0.2) is 0 Å². The van der Waals surface area contributed by atoms with Crippen LogP contribution in [0, 0.1) is 0 Å². The average Bonchev–Trinajstić information content (AvgIpc) is 2.12. The van der Waals surface area contributed by atoms with Crippen molar-refractivity contribution < 1.29 is 0 Å². The van der Waals surface area contributed by atoms with Gasteiger partial charge in [0, 0.05) is 6.20 Å². The highest BCUT2D eigenvalue weighted by Gasteiger charge is 2.07. The van der Waals surface area contributed by atoms with Gasteiger partial charge in [0.1, 0.15) is 10.1 Å². The molecule has 2 aromatic rings. The number of rotatable bonds is 0. The van der Waals surface area contributed by atoms with Crippen LogP contribution in [0.2, 0.25) is 0 Å². The van der Waals surface area contributed by atoms with Crippen LogP contribution in [0.3, 0.4) is 0 Å². The predicted molar refractivity (Wildman–Crippen MR) is 55.6 cm³/mol. The molecule has 66 valence electrons. The summed E-state index contributed by atoms with van der Waals surface area (Å²) in [7, 11) is 0. The highest BCUT2D eigenvalue weighted by molar-refractivity contribution is 9.11. The van der Waals surface area contributed by atoms with E-state index >= 15 is 0 Å². The molecule has 0 saturated carbocycles. The van der Waals surface area contributed by atoms with E-state index in [4.69, 9.17) is 0 Å². The summed E-state index contributed by atoms with van der Waals surface area (Å²) in [4.78, 5) is 21.9. The number of hydrogen-bond acceptors (Lipinski definition) is 3. The Bertz CT molecular complexity index is 523. The van der Waals surface area contributed by atoms with E-state index in [2.05, 4.69) is 46.8 Å². The number of H-pyrrole nitrogens is 1. The molecule has 2 heterocycles. The summed E-state index contributed by atoms with van der Waals surface area (Å²) in [5, 5.41) is 0.504. The first-order valence-corrected chi connectivity index (χ1v) is 4.96. The quantitative estimate of drug-likeness (QED) is 0.756. The third-order valence-electron chi connectivity index (χ3n) is 1.58. The van der Waals surface area contributed by atoms with Gasteiger partial charge in [-0.3, -0.25) is 4.79 Å². The second-order valence-electron chi connectivity index (χ2n) is 2.35. The normalized spacial score (nSPS) is 10.6. The summed E-state index contributed by atoms with van der Waals surface area (Å²) < 4.78 is 1.21. The van der Waals surface area contributed by atoms with Gasteiger partial charge in [-0.05, 0) is 31.9 Å². The van der Waals surface area contributed by atoms with Crippen LogP contribution in [-0.4, -0.2) is 15.0 Å². The van der Waals surface area contributed by atoms with E-state index in [1.54, 1.807) is 6.20 Å². The maximum absolute atomic E-state index is 11.4. The Morgan fingerprint density at radius 3 is 2.77 bits per heavy atom. The molecule has 0 spiro atoms. The number of hydrogen-bond donors (Lipinski definition) is 1. The van der Waals surface area contributed by atoms with E-state index in [9.17, 15) is 4.79 Å². The monoisotopic (exact) mass is 303 g/mol. The fourth-order valence-corrected chi connectivity index (χ4v) is 1.89. The first-order chi connectivity index (χ1) is 6.20. The predicted octanol–water partition coefficient (Wildman–Crippen LogP) is 1.84. The summed E-state index contributed by atoms with van der Waals surface area (Å²) in [6.45, 7) is 0. The number of nitrogens with one attached hydrogen (secondary N) is 1. The molecule has 0 unspecified atom stereocenters. The lowest BCUT2D eigenvalue weighted by atomic mass is 10.3. The first-order valence-electron chi connectivity index (χ1n) is 3.37. The largest absolute Gasteiger partial charge is 0.313 e. The van der Waals surface area contributed by atoms with Crippen molar-refractivity contribution in [3.8, 4) is 0 Å². The van der Waals surface area contributed by atoms with Crippen LogP contribution in [0.1, 0.15) is 0 Å². The van der Waals surface area contributed by atoms with Crippen LogP contribution < -0.4 is 5.56 Å². The molecule has 0 amide bonds. The standard InChI is InChI=1S/C7H3Br2N3O/c8-3-1-10-6(9)5-4(3)7(13)12-2-11-5/h1-2H,(H,11,12,13). The maximum atomic E-state index is 11.4. The Kier molecular flexibility index (Phi) is 2.17. The van der Waals surface area contributed by atoms with Crippen molar-refractivity contribution in [2.24, 2.45) is 0 Å². The first kappa shape index (κ1) is 8.83. The van der Waals surface area contributed by atoms with Crippen molar-refractivity contribution >= 4 is 42.8 Å². The third-order valence-corrected chi connectivity index (χ3v) is 2.76. The molecule has 0 fully saturated rings. The van der Waals surface area contributed by atoms with Crippen LogP contribution in [0.4, 0.5) is 0 Å². The Morgan fingerprint density at radius 2 is 2.08 bits per heavy atom. The molecule has 1 N–H and O–H groups in total. The van der Waals surface area contributed by atoms with E-state index in [0.29, 0.717) is 20.0 Å². The molecule has 13 heavy (non-hydrogen) atoms. The minimum Gasteiger partial charge on any atom is -0.313 e. The van der Waals surface area contributed by atoms with Gasteiger partial charge in [0.05, 0.1) is 16.2 Å². The van der Waals surface area contributed by atoms with Crippen molar-refractivity contribution in [3.05, 3.63) is 32.0 Å². The number of halogens is 2. The molecule has 0 aliphatic carbocycles. The van der Waals surface area contributed by atoms with Gasteiger partial charge in [-0.25, -0.2) is 9.97 Å². The molecule has 6 heteroatoms. The molecular formula is C7H3Br2N3O. The Balaban J connectivity index is 3.09. The van der Waals surface area contributed by atoms with Gasteiger partial charge in [0.2, 0.25) is 0 Å². The molecule has 2 rings (SSSR count). The molecular weight excluding hydrogens is 302 g/mol. The number of aromatic nitrogens is 3. The van der Waals surface area contributed by atoms with E-state index in [0.717, 1.165) is 0 Å². The topological polar surface area (TPSA) is 58.6 Å². The minimum atomic E-state index is -0.181. The van der Waals surface area contributed by atoms with Gasteiger partial charge in [-0.15, -0.1) is 0 Å². The summed E-state index contributed by atoms with van der Waals surface area (Å²) >= 11 is 6.46. The van der Waals surface area contributed by atoms with Gasteiger partial charge in [-0.1, -0.05) is 0 Å². The highest BCUT2D eigenvalue weighted by atomic mass is 79.9. The fraction of sp³-hybridized carbons (Fsp3) is 0. The number of fused-ring (bicyclic) bond motifs is 1. The lowest BCUT2D eigenvalue weighted by Crippen LogP contribution is -2.07. The van der Waals surface area contributed by atoms with Crippen LogP contribution in [0.25, 0.3) is 10.9 Å². The smallest absolute Gasteiger partial charge is 0.259 e. The van der Waals surface area contributed by atoms with Gasteiger partial charge >= 0.3 is 0 Å². The zero-order valence-corrected chi connectivity index (χ0v) is 9.39. The van der Waals surface area contributed by atoms with Gasteiger partial charge in [0.25, 0.3) is 5.56 Å². The van der Waals surface area contributed by atoms with E-state index in [1.165, 1.54) is 6.33 Å². The van der Waals surface area contributed by atoms with E-state index in [-0.39, 0.29) is 5.56 Å². The molecule has 0 atom stereocenters. The van der Waals surface area contributed by atoms with E-state index in [1.807, 2.05) is 0 Å². The summed E-state index contributed by atoms with van der Waals surface area (Å²) in [6.07, 6.45) is 2.91. The highest BCUT2D eigenvalue weighted by Crippen LogP contribution is 2.22. The molecule has 0 aromatic carbocycles. The van der Waals surface area contributed by atoms with Gasteiger partial charge in [-0.2, -0.15) is 0 Å². The summed E-state index contributed by atoms with van der Waals surface area (Å²) in [5.41, 5.74) is 0.373. The third kappa shape index (κ3) is 1.40. The molecule has 4 nitrogen and oxygen atoms in total. The molecule has 0 radical (unpaired) electrons. The lowest BCUT2D eigenvalue weighted by Gasteiger charge is -1.98. The zero-order valence-electron chi connectivity index (χ0n) is 6.21. The molecule has 0 aliphatic rings. The van der Waals surface area contributed by atoms with Gasteiger partial charge < -0.3 is 4.98 Å². The van der Waals surface area contributed by atoms with Crippen molar-refractivity contribution in [2.45, 2.75) is 0 Å². The number of aromatic amines is 1. The minimum absolute atomic E-state index is 0.181. The second kappa shape index (κ2) is 3.19. The SMILES string of the molecule is O=c1[nH]cnc2c(Br)ncc(Br)c12. The Morgan fingerprint density at radius 1 is 1.31 bits per heavy atom. The summed E-state index contributed by atoms with van der Waals surface area (Å²) in [5.74, 6) is 0. The van der Waals surface area contributed by atoms with Crippen molar-refractivity contribution in [1.29, 1.82) is 0 Å². The summed E-state index contributed by atoms with van der Waals surface area (Å²) in [6, 6.07) is 0. The van der Waals surface area contributed by atoms with Crippen LogP contribution in [0.5, 0.6) is 0 Å². The van der Waals surface area contributed by atoms with Crippen molar-refractivity contribution in [2.75, 3.05) is 0 Å². The van der Waals surface area contributed by atoms with Crippen molar-refractivity contribution in [3.63, 3.8) is 0 Å². The fourth-order valence-electron chi connectivity index (χ4n) is 1.02. The van der Waals surface area contributed by atoms with Crippen LogP contribution in [-0.2, 0) is 0 Å². The van der Waals surface area contributed by atoms with E-state index < -0.39 is 0 Å². The second-order valence-corrected chi connectivity index (χ2v) is 3.96. The number of nitrogens with zero attached hydrogens (tertiary/aromatic N) is 2. The molecule has 0 bridgehead atoms. The Labute approximate surface area is 89.7 Å². The van der Waals surface area contributed by atoms with Crippen molar-refractivity contribution in [1.82, 2.24) is 15.0 Å². The maximum Gasteiger partial charge on any atom is 0.259 e. The van der Waals surface area contributed by atoms with Crippen LogP contribution in [0.15, 0.2) is 26.4 Å². The lowest BCUT2D eigenvalue weighted by molar-refractivity contribution is 1.14. The molecule has 0 saturated heterocycles. The molecule has 2 aromatic heterocycles.